The number of carbonyl (C=O) groups excluding carboxylic acids is 9. The van der Waals surface area contributed by atoms with Crippen LogP contribution in [0.4, 0.5) is 0 Å². The maximum absolute atomic E-state index is 14.2. The SMILES string of the molecule is CC[C@@]1(OC(=O)CNC(=O)CCC(=O)NCCN(CCNCCNCCNC2CCC2)CCN(CCNCCN(CCN)CCN(CCNC2CCC2)CCN(CCNC(=O)CCC(=O)NCC(=O)O[C@]2(CC)C(=O)OCC3C(=O)N4Cc5cc6ccccc6nc5C4=CC32)CCNC2CCC2)CCNCCN(CCNCCN)C2CCC2)C(=O)OCc2c1cc1n(c2=O)Cc2cc3ccccc3nc2-1. The van der Waals surface area contributed by atoms with Crippen LogP contribution in [0.1, 0.15) is 157 Å². The van der Waals surface area contributed by atoms with E-state index < -0.39 is 71.8 Å². The molecule has 5 aromatic rings. The van der Waals surface area contributed by atoms with Gasteiger partial charge in [-0.1, -0.05) is 75.9 Å². The van der Waals surface area contributed by atoms with Gasteiger partial charge in [0.2, 0.25) is 40.7 Å². The molecule has 3 aromatic heterocycles. The minimum atomic E-state index is -1.95. The summed E-state index contributed by atoms with van der Waals surface area (Å²) in [5.41, 5.74) is 14.1. The van der Waals surface area contributed by atoms with Crippen molar-refractivity contribution in [2.24, 2.45) is 23.3 Å². The summed E-state index contributed by atoms with van der Waals surface area (Å²) in [6.45, 7) is 28.8. The zero-order valence-electron chi connectivity index (χ0n) is 82.7. The third-order valence-electron chi connectivity index (χ3n) is 29.7. The Hall–Kier alpha value is -9.46. The summed E-state index contributed by atoms with van der Waals surface area (Å²) in [6.07, 6.45) is 16.0. The summed E-state index contributed by atoms with van der Waals surface area (Å²) < 4.78 is 24.7. The molecule has 4 atom stereocenters. The maximum Gasteiger partial charge on any atom is 0.355 e. The van der Waals surface area contributed by atoms with E-state index in [4.69, 9.17) is 40.4 Å². The summed E-state index contributed by atoms with van der Waals surface area (Å²) >= 11 is 0. The lowest BCUT2D eigenvalue weighted by molar-refractivity contribution is -0.204. The Balaban J connectivity index is 0.540. The molecule has 0 radical (unpaired) electrons. The molecule has 0 spiro atoms. The molecule has 8 heterocycles. The molecule has 768 valence electrons. The van der Waals surface area contributed by atoms with Gasteiger partial charge in [0.05, 0.1) is 58.4 Å². The van der Waals surface area contributed by atoms with E-state index in [-0.39, 0.29) is 92.7 Å². The van der Waals surface area contributed by atoms with E-state index in [0.29, 0.717) is 92.8 Å². The fourth-order valence-electron chi connectivity index (χ4n) is 20.2. The van der Waals surface area contributed by atoms with Crippen LogP contribution in [0.25, 0.3) is 38.9 Å². The normalized spacial score (nSPS) is 19.4. The van der Waals surface area contributed by atoms with Crippen LogP contribution in [0.15, 0.2) is 77.6 Å². The van der Waals surface area contributed by atoms with Crippen molar-refractivity contribution in [3.8, 4) is 11.4 Å². The molecule has 0 bridgehead atoms. The number of nitrogens with one attached hydrogen (secondary N) is 12. The number of pyridine rings is 3. The van der Waals surface area contributed by atoms with E-state index in [1.54, 1.807) is 29.4 Å². The smallest absolute Gasteiger partial charge is 0.355 e. The summed E-state index contributed by atoms with van der Waals surface area (Å²) in [4.78, 5) is 163. The number of hydrogen-bond acceptors (Lipinski definition) is 32. The monoisotopic (exact) mass is 1940 g/mol. The molecule has 140 heavy (non-hydrogen) atoms. The Morgan fingerprint density at radius 2 is 0.907 bits per heavy atom. The molecule has 38 heteroatoms. The van der Waals surface area contributed by atoms with Gasteiger partial charge in [-0.2, -0.15) is 0 Å². The van der Waals surface area contributed by atoms with E-state index >= 15 is 0 Å². The number of ether oxygens (including phenoxy) is 4. The van der Waals surface area contributed by atoms with Crippen LogP contribution in [-0.2, 0) is 87.4 Å². The molecule has 5 fully saturated rings. The third-order valence-corrected chi connectivity index (χ3v) is 29.7. The summed E-state index contributed by atoms with van der Waals surface area (Å²) in [5, 5.41) is 42.6. The van der Waals surface area contributed by atoms with Gasteiger partial charge in [-0.25, -0.2) is 19.6 Å². The molecule has 14 rings (SSSR count). The average molecular weight is 1940 g/mol. The summed E-state index contributed by atoms with van der Waals surface area (Å²) in [5.74, 6) is -6.91. The number of esters is 4. The Morgan fingerprint density at radius 3 is 1.41 bits per heavy atom. The van der Waals surface area contributed by atoms with Crippen LogP contribution in [0.3, 0.4) is 0 Å². The molecule has 5 amide bonds. The number of carbonyl (C=O) groups is 9. The number of nitrogens with two attached hydrogens (primary N) is 2. The lowest BCUT2D eigenvalue weighted by Crippen LogP contribution is -2.61. The Kier molecular flexibility index (Phi) is 41.2. The second kappa shape index (κ2) is 54.3. The average Bonchev–Trinajstić information content (AvgIpc) is 1.53. The van der Waals surface area contributed by atoms with Gasteiger partial charge >= 0.3 is 23.9 Å². The lowest BCUT2D eigenvalue weighted by Gasteiger charge is -2.46. The molecule has 1 saturated heterocycles. The van der Waals surface area contributed by atoms with Crippen molar-refractivity contribution in [2.75, 3.05) is 242 Å². The van der Waals surface area contributed by atoms with Crippen LogP contribution in [0.2, 0.25) is 0 Å². The first-order valence-corrected chi connectivity index (χ1v) is 52.2. The zero-order valence-corrected chi connectivity index (χ0v) is 82.7. The first-order chi connectivity index (χ1) is 68.3. The van der Waals surface area contributed by atoms with Crippen molar-refractivity contribution >= 4 is 80.9 Å². The molecule has 4 aliphatic carbocycles. The fourth-order valence-corrected chi connectivity index (χ4v) is 20.2. The molecule has 2 aromatic carbocycles. The van der Waals surface area contributed by atoms with E-state index in [1.807, 2.05) is 66.7 Å². The maximum atomic E-state index is 14.2. The van der Waals surface area contributed by atoms with E-state index in [9.17, 15) is 47.9 Å². The molecular weight excluding hydrogens is 1790 g/mol. The van der Waals surface area contributed by atoms with E-state index in [1.165, 1.54) is 77.0 Å². The summed E-state index contributed by atoms with van der Waals surface area (Å²) in [6, 6.07) is 23.4. The van der Waals surface area contributed by atoms with Gasteiger partial charge < -0.3 is 104 Å². The lowest BCUT2D eigenvalue weighted by atomic mass is 9.72. The van der Waals surface area contributed by atoms with Gasteiger partial charge in [0.25, 0.3) is 5.56 Å². The number of amides is 5. The Bertz CT molecular complexity index is 5030. The van der Waals surface area contributed by atoms with Gasteiger partial charge in [0, 0.05) is 306 Å². The minimum Gasteiger partial charge on any atom is -0.462 e. The predicted molar refractivity (Wildman–Crippen MR) is 537 cm³/mol. The third kappa shape index (κ3) is 29.4. The highest BCUT2D eigenvalue weighted by atomic mass is 16.6. The number of benzene rings is 2. The number of cyclic esters (lactones) is 2. The first kappa shape index (κ1) is 106. The number of hydrogen-bond donors (Lipinski definition) is 14. The molecule has 4 saturated carbocycles. The molecule has 5 aliphatic heterocycles. The van der Waals surface area contributed by atoms with E-state index in [0.717, 1.165) is 216 Å². The van der Waals surface area contributed by atoms with Crippen molar-refractivity contribution in [3.05, 3.63) is 111 Å². The topological polar surface area (TPSA) is 457 Å². The number of aromatic nitrogens is 3. The van der Waals surface area contributed by atoms with Crippen molar-refractivity contribution in [1.82, 2.24) is 113 Å². The van der Waals surface area contributed by atoms with Gasteiger partial charge in [-0.05, 0) is 101 Å². The number of nitrogens with zero attached hydrogens (tertiary/aromatic N) is 10. The fraction of sp³-hybridized carbons (Fsp3) is 0.667. The number of fused-ring (bicyclic) bond motifs is 10. The van der Waals surface area contributed by atoms with Crippen LogP contribution in [0.5, 0.6) is 0 Å². The Labute approximate surface area is 824 Å². The predicted octanol–water partition coefficient (Wildman–Crippen LogP) is 0.738. The largest absolute Gasteiger partial charge is 0.462 e. The molecule has 16 N–H and O–H groups in total. The van der Waals surface area contributed by atoms with Crippen molar-refractivity contribution in [2.45, 2.75) is 184 Å². The van der Waals surface area contributed by atoms with Gasteiger partial charge in [-0.15, -0.1) is 0 Å². The highest BCUT2D eigenvalue weighted by Gasteiger charge is 2.60. The molecule has 2 unspecified atom stereocenters. The summed E-state index contributed by atoms with van der Waals surface area (Å²) in [7, 11) is 0. The highest BCUT2D eigenvalue weighted by Crippen LogP contribution is 2.48. The Morgan fingerprint density at radius 1 is 0.457 bits per heavy atom. The quantitative estimate of drug-likeness (QED) is 0.0142. The number of rotatable bonds is 67. The van der Waals surface area contributed by atoms with Crippen LogP contribution in [-0.4, -0.2) is 374 Å². The van der Waals surface area contributed by atoms with Crippen molar-refractivity contribution < 1.29 is 62.1 Å². The van der Waals surface area contributed by atoms with E-state index in [2.05, 4.69) is 93.2 Å². The second-order valence-corrected chi connectivity index (χ2v) is 39.0. The minimum absolute atomic E-state index is 0.0209. The van der Waals surface area contributed by atoms with Crippen molar-refractivity contribution in [3.63, 3.8) is 0 Å². The standard InChI is InChI=1S/C102H156N24O14/c1-3-101(83-65-87-95-75(63-73-13-5-7-23-85(73)117-95)69-125(87)97(133)81(83)71-137-99(101)135)139-93(131)67-115-91(129)27-25-89(127)113-44-53-121(48-36-107-33-32-106-34-35-110-77-15-9-16-77)59-58-120(50-39-109-41-56-124(80-21-12-22-80)55-40-105-31-29-103)49-38-108-37-47-119(46-30-104)57-61-123(52-43-112-79-19-11-20-79)62-60-122(51-42-111-78-17-10-18-78)54-45-114-90(128)26-28-92(130)116-68-94(132)140-102(4-2)84-66-88-96-76(64-74-14-6-8-24-86(74)118-96)70-126(88)98(134)82(84)72-138-100(102)136/h5-8,13-14,23-24,63-66,77-80,82,84,105-112H,3-4,9-12,15-22,25-62,67-72,103-104H2,1-2H3,(H,113,127)(H,114,128)(H,115,129)(H,116,130)/t82?,84?,101-,102-/m0/s1. The zero-order chi connectivity index (χ0) is 98.0. The van der Waals surface area contributed by atoms with Crippen LogP contribution < -0.4 is 80.8 Å². The van der Waals surface area contributed by atoms with Crippen molar-refractivity contribution in [1.29, 1.82) is 0 Å². The van der Waals surface area contributed by atoms with Crippen LogP contribution in [0, 0.1) is 11.8 Å². The van der Waals surface area contributed by atoms with Gasteiger partial charge in [-0.3, -0.25) is 67.8 Å². The van der Waals surface area contributed by atoms with Gasteiger partial charge in [0.1, 0.15) is 26.3 Å². The number of para-hydroxylation sites is 2. The van der Waals surface area contributed by atoms with Gasteiger partial charge in [0.15, 0.2) is 0 Å². The second-order valence-electron chi connectivity index (χ2n) is 39.0. The molecule has 9 aliphatic rings. The molecule has 38 nitrogen and oxygen atoms in total. The highest BCUT2D eigenvalue weighted by molar-refractivity contribution is 5.98. The van der Waals surface area contributed by atoms with Crippen LogP contribution >= 0.6 is 0 Å². The molecular formula is C102H156N24O14. The first-order valence-electron chi connectivity index (χ1n) is 52.2.